The number of hydrogen-bond acceptors (Lipinski definition) is 6. The number of ether oxygens (including phenoxy) is 1. The Balaban J connectivity index is 0.000000523. The highest BCUT2D eigenvalue weighted by Crippen LogP contribution is 2.24. The van der Waals surface area contributed by atoms with Crippen LogP contribution < -0.4 is 33.3 Å². The fraction of sp³-hybridized carbons (Fsp3) is 0.125. The van der Waals surface area contributed by atoms with Gasteiger partial charge in [0.15, 0.2) is 6.54 Å². The molecule has 0 aliphatic rings. The lowest BCUT2D eigenvalue weighted by Crippen LogP contribution is -2.68. The van der Waals surface area contributed by atoms with Gasteiger partial charge in [-0.25, -0.2) is 23.2 Å². The second-order valence-corrected chi connectivity index (χ2v) is 7.70. The molecule has 32 heavy (non-hydrogen) atoms. The maximum Gasteiger partial charge on any atom is 0.214 e. The van der Waals surface area contributed by atoms with Gasteiger partial charge in [-0.1, -0.05) is 60.7 Å². The molecular formula is C24H22ClNO6. The molecule has 4 aromatic rings. The van der Waals surface area contributed by atoms with E-state index in [9.17, 15) is 0 Å². The van der Waals surface area contributed by atoms with Crippen molar-refractivity contribution in [2.45, 2.75) is 6.54 Å². The van der Waals surface area contributed by atoms with Gasteiger partial charge in [0, 0.05) is 11.1 Å². The fourth-order valence-corrected chi connectivity index (χ4v) is 3.28. The van der Waals surface area contributed by atoms with Crippen molar-refractivity contribution in [1.82, 2.24) is 4.58 Å². The molecule has 1 heterocycles. The summed E-state index contributed by atoms with van der Waals surface area (Å²) in [6, 6.07) is 28.7. The predicted molar refractivity (Wildman–Crippen MR) is 110 cm³/mol. The number of rotatable bonds is 4. The van der Waals surface area contributed by atoms with Gasteiger partial charge in [0.2, 0.25) is 5.36 Å². The molecule has 0 aliphatic carbocycles. The number of halogens is 1. The minimum atomic E-state index is -4.94. The van der Waals surface area contributed by atoms with E-state index in [-0.39, 0.29) is 0 Å². The monoisotopic (exact) mass is 455 g/mol. The Morgan fingerprint density at radius 2 is 1.44 bits per heavy atom. The van der Waals surface area contributed by atoms with Crippen molar-refractivity contribution < 1.29 is 38.0 Å². The fourth-order valence-electron chi connectivity index (χ4n) is 3.28. The van der Waals surface area contributed by atoms with E-state index in [1.807, 2.05) is 42.5 Å². The Labute approximate surface area is 187 Å². The zero-order valence-electron chi connectivity index (χ0n) is 17.6. The van der Waals surface area contributed by atoms with Crippen LogP contribution in [0.2, 0.25) is 0 Å². The number of hydrogen-bond donors (Lipinski definition) is 0. The Morgan fingerprint density at radius 3 is 2.03 bits per heavy atom. The molecule has 8 heteroatoms. The molecule has 4 rings (SSSR count). The van der Waals surface area contributed by atoms with E-state index in [0.717, 1.165) is 39.9 Å². The molecule has 0 amide bonds. The maximum atomic E-state index is 8.49. The molecule has 0 bridgehead atoms. The van der Waals surface area contributed by atoms with E-state index in [0.29, 0.717) is 0 Å². The third-order valence-corrected chi connectivity index (χ3v) is 4.68. The second-order valence-electron chi connectivity index (χ2n) is 6.94. The molecule has 0 spiro atoms. The minimum absolute atomic E-state index is 0.811. The van der Waals surface area contributed by atoms with Crippen molar-refractivity contribution in [2.24, 2.45) is 0 Å². The highest BCUT2D eigenvalue weighted by atomic mass is 35.7. The Kier molecular flexibility index (Phi) is 7.63. The molecule has 0 radical (unpaired) electrons. The molecule has 166 valence electrons. The van der Waals surface area contributed by atoms with Gasteiger partial charge in [0.1, 0.15) is 24.1 Å². The highest BCUT2D eigenvalue weighted by molar-refractivity contribution is 5.80. The van der Waals surface area contributed by atoms with Crippen LogP contribution in [0.25, 0.3) is 22.3 Å². The molecule has 7 nitrogen and oxygen atoms in total. The van der Waals surface area contributed by atoms with Crippen molar-refractivity contribution >= 4 is 11.0 Å². The third-order valence-electron chi connectivity index (χ3n) is 4.68. The van der Waals surface area contributed by atoms with Crippen molar-refractivity contribution in [3.05, 3.63) is 95.8 Å². The first-order chi connectivity index (χ1) is 15.2. The van der Waals surface area contributed by atoms with Gasteiger partial charge in [-0.2, -0.15) is 0 Å². The van der Waals surface area contributed by atoms with Crippen LogP contribution in [0.3, 0.4) is 0 Å². The van der Waals surface area contributed by atoms with Gasteiger partial charge in [-0.05, 0) is 18.2 Å². The third kappa shape index (κ3) is 6.65. The average Bonchev–Trinajstić information content (AvgIpc) is 2.78. The Bertz CT molecular complexity index is 1230. The van der Waals surface area contributed by atoms with E-state index in [2.05, 4.69) is 54.1 Å². The smallest absolute Gasteiger partial charge is 0.214 e. The van der Waals surface area contributed by atoms with Crippen molar-refractivity contribution in [3.8, 4) is 17.1 Å². The first-order valence-electron chi connectivity index (χ1n) is 9.62. The van der Waals surface area contributed by atoms with Crippen molar-refractivity contribution in [3.63, 3.8) is 0 Å². The van der Waals surface area contributed by atoms with Crippen LogP contribution in [-0.4, -0.2) is 14.2 Å². The largest absolute Gasteiger partial charge is 0.497 e. The standard InChI is InChI=1S/C24H22NO2.ClHO4/c1-25(17-18-9-5-3-6-10-18)22-16-24(19-11-7-4-8-12-19)27-23-14-13-20(26-2)15-21(22)23;2-1(3,4)5/h3-16H,17H2,1-2H3;(H,2,3,4,5)/q+1;/p-1. The molecule has 3 aromatic carbocycles. The van der Waals surface area contributed by atoms with Crippen LogP contribution in [0, 0.1) is 10.2 Å². The average molecular weight is 456 g/mol. The molecule has 1 aromatic heterocycles. The van der Waals surface area contributed by atoms with E-state index < -0.39 is 10.2 Å². The van der Waals surface area contributed by atoms with Crippen LogP contribution in [0.15, 0.2) is 89.3 Å². The summed E-state index contributed by atoms with van der Waals surface area (Å²) in [6.07, 6.45) is 0. The van der Waals surface area contributed by atoms with Crippen LogP contribution in [-0.2, 0) is 6.54 Å². The number of fused-ring (bicyclic) bond motifs is 1. The van der Waals surface area contributed by atoms with E-state index >= 15 is 0 Å². The molecule has 0 N–H and O–H groups in total. The van der Waals surface area contributed by atoms with E-state index in [1.165, 1.54) is 5.56 Å². The lowest BCUT2D eigenvalue weighted by molar-refractivity contribution is -2.00. The topological polar surface area (TPSA) is 118 Å². The van der Waals surface area contributed by atoms with Gasteiger partial charge in [-0.15, -0.1) is 10.2 Å². The Hall–Kier alpha value is -3.20. The summed E-state index contributed by atoms with van der Waals surface area (Å²) < 4.78 is 47.9. The molecule has 0 saturated heterocycles. The lowest BCUT2D eigenvalue weighted by atomic mass is 10.1. The molecular weight excluding hydrogens is 434 g/mol. The zero-order valence-corrected chi connectivity index (χ0v) is 18.3. The number of nitrogens with zero attached hydrogens (tertiary/aromatic N) is 1. The van der Waals surface area contributed by atoms with Crippen molar-refractivity contribution in [1.29, 1.82) is 0 Å². The molecule has 0 aliphatic heterocycles. The van der Waals surface area contributed by atoms with E-state index in [1.54, 1.807) is 7.11 Å². The first-order valence-corrected chi connectivity index (χ1v) is 10.8. The highest BCUT2D eigenvalue weighted by Gasteiger charge is 2.12. The summed E-state index contributed by atoms with van der Waals surface area (Å²) in [7, 11) is -1.15. The second kappa shape index (κ2) is 10.4. The molecule has 0 unspecified atom stereocenters. The predicted octanol–water partition coefficient (Wildman–Crippen LogP) is -0.0454. The molecule has 0 saturated carbocycles. The SMILES string of the molecule is COc1ccc2oc(-c3ccccc3)cc(=[N+](C)Cc3ccccc3)c2c1.[O-][Cl+3]([O-])([O-])[O-]. The molecule has 0 fully saturated rings. The van der Waals surface area contributed by atoms with Gasteiger partial charge in [0.25, 0.3) is 0 Å². The summed E-state index contributed by atoms with van der Waals surface area (Å²) in [5.41, 5.74) is 3.16. The molecule has 0 atom stereocenters. The van der Waals surface area contributed by atoms with Crippen LogP contribution in [0.5, 0.6) is 5.75 Å². The van der Waals surface area contributed by atoms with Gasteiger partial charge < -0.3 is 9.15 Å². The van der Waals surface area contributed by atoms with Gasteiger partial charge >= 0.3 is 0 Å². The summed E-state index contributed by atoms with van der Waals surface area (Å²) in [4.78, 5) is 0. The number of benzene rings is 3. The summed E-state index contributed by atoms with van der Waals surface area (Å²) in [5.74, 6) is 1.67. The Morgan fingerprint density at radius 1 is 0.844 bits per heavy atom. The summed E-state index contributed by atoms with van der Waals surface area (Å²) in [6.45, 7) is 0.811. The lowest BCUT2D eigenvalue weighted by Gasteiger charge is -2.17. The quantitative estimate of drug-likeness (QED) is 0.398. The van der Waals surface area contributed by atoms with Crippen LogP contribution in [0.4, 0.5) is 0 Å². The van der Waals surface area contributed by atoms with Gasteiger partial charge in [0.05, 0.1) is 18.6 Å². The van der Waals surface area contributed by atoms with Crippen LogP contribution >= 0.6 is 0 Å². The maximum absolute atomic E-state index is 8.49. The zero-order chi connectivity index (χ0) is 23.1. The normalized spacial score (nSPS) is 12.1. The van der Waals surface area contributed by atoms with E-state index in [4.69, 9.17) is 27.8 Å². The van der Waals surface area contributed by atoms with Gasteiger partial charge in [-0.3, -0.25) is 0 Å². The minimum Gasteiger partial charge on any atom is -0.497 e. The number of methoxy groups -OCH3 is 1. The first kappa shape index (κ1) is 23.5. The van der Waals surface area contributed by atoms with Crippen LogP contribution in [0.1, 0.15) is 5.56 Å². The van der Waals surface area contributed by atoms with Crippen molar-refractivity contribution in [2.75, 3.05) is 14.2 Å². The summed E-state index contributed by atoms with van der Waals surface area (Å²) >= 11 is 0. The summed E-state index contributed by atoms with van der Waals surface area (Å²) in [5, 5.41) is 2.14.